The molecule has 1 N–H and O–H groups in total. The van der Waals surface area contributed by atoms with Crippen LogP contribution in [0.4, 0.5) is 0 Å². The van der Waals surface area contributed by atoms with Crippen LogP contribution in [0.5, 0.6) is 0 Å². The summed E-state index contributed by atoms with van der Waals surface area (Å²) in [6.45, 7) is 3.53. The van der Waals surface area contributed by atoms with E-state index >= 15 is 0 Å². The molecule has 0 bridgehead atoms. The van der Waals surface area contributed by atoms with Gasteiger partial charge in [0.05, 0.1) is 5.54 Å². The van der Waals surface area contributed by atoms with Gasteiger partial charge in [-0.25, -0.2) is 0 Å². The molecule has 2 aliphatic rings. The summed E-state index contributed by atoms with van der Waals surface area (Å²) in [5.41, 5.74) is 0.0814. The predicted octanol–water partition coefficient (Wildman–Crippen LogP) is 2.65. The fraction of sp³-hybridized carbons (Fsp3) is 0.933. The number of carbonyl (C=O) groups excluding carboxylic acids is 1. The summed E-state index contributed by atoms with van der Waals surface area (Å²) >= 11 is 1.75. The molecule has 1 saturated carbocycles. The van der Waals surface area contributed by atoms with Crippen LogP contribution in [0.15, 0.2) is 0 Å². The van der Waals surface area contributed by atoms with Gasteiger partial charge in [0, 0.05) is 18.7 Å². The standard InChI is InChI=1S/C15H28N2OS/c1-19-12-7-14(18)16-15(8-3-2-4-9-15)13-17-10-5-6-11-17/h2-13H2,1H3,(H,16,18). The highest BCUT2D eigenvalue weighted by Gasteiger charge is 2.35. The molecule has 2 fully saturated rings. The molecular formula is C15H28N2OS. The van der Waals surface area contributed by atoms with E-state index in [9.17, 15) is 4.79 Å². The van der Waals surface area contributed by atoms with Crippen LogP contribution in [0.25, 0.3) is 0 Å². The lowest BCUT2D eigenvalue weighted by atomic mass is 9.81. The van der Waals surface area contributed by atoms with E-state index in [2.05, 4.69) is 16.5 Å². The van der Waals surface area contributed by atoms with Gasteiger partial charge in [-0.2, -0.15) is 11.8 Å². The zero-order valence-corrected chi connectivity index (χ0v) is 13.1. The summed E-state index contributed by atoms with van der Waals surface area (Å²) < 4.78 is 0. The van der Waals surface area contributed by atoms with Gasteiger partial charge in [0.15, 0.2) is 0 Å². The zero-order chi connectivity index (χ0) is 13.6. The molecule has 110 valence electrons. The van der Waals surface area contributed by atoms with Crippen molar-refractivity contribution in [3.63, 3.8) is 0 Å². The average Bonchev–Trinajstić information content (AvgIpc) is 2.90. The lowest BCUT2D eigenvalue weighted by Gasteiger charge is -2.41. The highest BCUT2D eigenvalue weighted by atomic mass is 32.2. The van der Waals surface area contributed by atoms with Crippen LogP contribution < -0.4 is 5.32 Å². The van der Waals surface area contributed by atoms with E-state index in [1.165, 1.54) is 58.0 Å². The Morgan fingerprint density at radius 2 is 1.84 bits per heavy atom. The number of amides is 1. The molecule has 0 spiro atoms. The molecule has 1 saturated heterocycles. The molecule has 1 amide bonds. The minimum Gasteiger partial charge on any atom is -0.349 e. The molecule has 0 unspecified atom stereocenters. The Hall–Kier alpha value is -0.220. The average molecular weight is 284 g/mol. The molecule has 0 aromatic rings. The first-order chi connectivity index (χ1) is 9.24. The maximum Gasteiger partial charge on any atom is 0.221 e. The first-order valence-corrected chi connectivity index (χ1v) is 9.16. The summed E-state index contributed by atoms with van der Waals surface area (Å²) in [4.78, 5) is 14.7. The Kier molecular flexibility index (Phi) is 6.02. The van der Waals surface area contributed by atoms with Crippen LogP contribution in [0.2, 0.25) is 0 Å². The van der Waals surface area contributed by atoms with Crippen molar-refractivity contribution >= 4 is 17.7 Å². The summed E-state index contributed by atoms with van der Waals surface area (Å²) in [5, 5.41) is 3.40. The zero-order valence-electron chi connectivity index (χ0n) is 12.2. The van der Waals surface area contributed by atoms with Crippen molar-refractivity contribution in [3.05, 3.63) is 0 Å². The molecule has 0 aromatic carbocycles. The summed E-state index contributed by atoms with van der Waals surface area (Å²) in [5.74, 6) is 1.20. The van der Waals surface area contributed by atoms with Crippen LogP contribution >= 0.6 is 11.8 Å². The monoisotopic (exact) mass is 284 g/mol. The van der Waals surface area contributed by atoms with E-state index in [-0.39, 0.29) is 11.4 Å². The smallest absolute Gasteiger partial charge is 0.221 e. The fourth-order valence-electron chi connectivity index (χ4n) is 3.47. The normalized spacial score (nSPS) is 23.4. The van der Waals surface area contributed by atoms with Crippen LogP contribution in [0, 0.1) is 0 Å². The number of hydrogen-bond donors (Lipinski definition) is 1. The summed E-state index contributed by atoms with van der Waals surface area (Å²) in [6, 6.07) is 0. The van der Waals surface area contributed by atoms with Gasteiger partial charge in [0.25, 0.3) is 0 Å². The van der Waals surface area contributed by atoms with E-state index < -0.39 is 0 Å². The molecule has 1 heterocycles. The third-order valence-electron chi connectivity index (χ3n) is 4.47. The molecular weight excluding hydrogens is 256 g/mol. The second-order valence-electron chi connectivity index (χ2n) is 6.12. The van der Waals surface area contributed by atoms with Gasteiger partial charge in [0.2, 0.25) is 5.91 Å². The van der Waals surface area contributed by atoms with E-state index in [0.717, 1.165) is 12.3 Å². The minimum absolute atomic E-state index is 0.0814. The number of likely N-dealkylation sites (tertiary alicyclic amines) is 1. The van der Waals surface area contributed by atoms with E-state index in [1.54, 1.807) is 11.8 Å². The fourth-order valence-corrected chi connectivity index (χ4v) is 3.86. The van der Waals surface area contributed by atoms with Crippen molar-refractivity contribution < 1.29 is 4.79 Å². The molecule has 0 atom stereocenters. The van der Waals surface area contributed by atoms with Crippen LogP contribution in [-0.2, 0) is 4.79 Å². The maximum absolute atomic E-state index is 12.1. The first kappa shape index (κ1) is 15.2. The molecule has 1 aliphatic heterocycles. The van der Waals surface area contributed by atoms with Crippen molar-refractivity contribution in [3.8, 4) is 0 Å². The Balaban J connectivity index is 1.91. The van der Waals surface area contributed by atoms with Gasteiger partial charge in [-0.3, -0.25) is 4.79 Å². The van der Waals surface area contributed by atoms with E-state index in [4.69, 9.17) is 0 Å². The third kappa shape index (κ3) is 4.67. The molecule has 0 aromatic heterocycles. The Morgan fingerprint density at radius 1 is 1.16 bits per heavy atom. The van der Waals surface area contributed by atoms with Crippen molar-refractivity contribution in [2.24, 2.45) is 0 Å². The van der Waals surface area contributed by atoms with Gasteiger partial charge in [-0.1, -0.05) is 19.3 Å². The number of rotatable bonds is 6. The number of nitrogens with zero attached hydrogens (tertiary/aromatic N) is 1. The molecule has 19 heavy (non-hydrogen) atoms. The third-order valence-corrected chi connectivity index (χ3v) is 5.09. The van der Waals surface area contributed by atoms with Gasteiger partial charge in [0.1, 0.15) is 0 Å². The number of nitrogens with one attached hydrogen (secondary N) is 1. The second kappa shape index (κ2) is 7.53. The number of thioether (sulfide) groups is 1. The quantitative estimate of drug-likeness (QED) is 0.814. The van der Waals surface area contributed by atoms with Gasteiger partial charge < -0.3 is 10.2 Å². The van der Waals surface area contributed by atoms with Crippen molar-refractivity contribution in [1.82, 2.24) is 10.2 Å². The number of carbonyl (C=O) groups is 1. The van der Waals surface area contributed by atoms with Crippen LogP contribution in [0.1, 0.15) is 51.4 Å². The molecule has 0 radical (unpaired) electrons. The number of hydrogen-bond acceptors (Lipinski definition) is 3. The largest absolute Gasteiger partial charge is 0.349 e. The van der Waals surface area contributed by atoms with Gasteiger partial charge in [-0.15, -0.1) is 0 Å². The van der Waals surface area contributed by atoms with Crippen LogP contribution in [-0.4, -0.2) is 48.0 Å². The summed E-state index contributed by atoms with van der Waals surface area (Å²) in [7, 11) is 0. The minimum atomic E-state index is 0.0814. The Bertz CT molecular complexity index is 284. The highest BCUT2D eigenvalue weighted by molar-refractivity contribution is 7.98. The lowest BCUT2D eigenvalue weighted by Crippen LogP contribution is -2.56. The molecule has 4 heteroatoms. The Labute approximate surface area is 121 Å². The van der Waals surface area contributed by atoms with Gasteiger partial charge in [-0.05, 0) is 45.0 Å². The SMILES string of the molecule is CSCCC(=O)NC1(CN2CCCC2)CCCCC1. The van der Waals surface area contributed by atoms with Gasteiger partial charge >= 0.3 is 0 Å². The van der Waals surface area contributed by atoms with E-state index in [1.807, 2.05) is 0 Å². The van der Waals surface area contributed by atoms with Crippen molar-refractivity contribution in [2.75, 3.05) is 31.6 Å². The molecule has 1 aliphatic carbocycles. The van der Waals surface area contributed by atoms with Crippen LogP contribution in [0.3, 0.4) is 0 Å². The molecule has 2 rings (SSSR count). The lowest BCUT2D eigenvalue weighted by molar-refractivity contribution is -0.123. The summed E-state index contributed by atoms with van der Waals surface area (Å²) in [6.07, 6.45) is 11.6. The van der Waals surface area contributed by atoms with Crippen molar-refractivity contribution in [2.45, 2.75) is 56.9 Å². The Morgan fingerprint density at radius 3 is 2.47 bits per heavy atom. The predicted molar refractivity (Wildman–Crippen MR) is 82.6 cm³/mol. The van der Waals surface area contributed by atoms with E-state index in [0.29, 0.717) is 6.42 Å². The highest BCUT2D eigenvalue weighted by Crippen LogP contribution is 2.30. The topological polar surface area (TPSA) is 32.3 Å². The molecule has 3 nitrogen and oxygen atoms in total. The van der Waals surface area contributed by atoms with Crippen molar-refractivity contribution in [1.29, 1.82) is 0 Å². The first-order valence-electron chi connectivity index (χ1n) is 7.76. The second-order valence-corrected chi connectivity index (χ2v) is 7.10. The maximum atomic E-state index is 12.1.